The van der Waals surface area contributed by atoms with E-state index in [2.05, 4.69) is 4.98 Å². The summed E-state index contributed by atoms with van der Waals surface area (Å²) < 4.78 is 0. The number of hydrogen-bond donors (Lipinski definition) is 0. The Labute approximate surface area is 159 Å². The van der Waals surface area contributed by atoms with E-state index < -0.39 is 0 Å². The summed E-state index contributed by atoms with van der Waals surface area (Å²) in [7, 11) is 0. The third-order valence-electron chi connectivity index (χ3n) is 4.76. The number of hydrogen-bond acceptors (Lipinski definition) is 2. The summed E-state index contributed by atoms with van der Waals surface area (Å²) >= 11 is 12.2. The van der Waals surface area contributed by atoms with Crippen LogP contribution in [0.15, 0.2) is 42.6 Å². The van der Waals surface area contributed by atoms with Gasteiger partial charge < -0.3 is 4.90 Å². The Morgan fingerprint density at radius 3 is 2.64 bits per heavy atom. The first kappa shape index (κ1) is 18.2. The molecule has 1 aromatic carbocycles. The average molecular weight is 377 g/mol. The number of nitrogens with zero attached hydrogens (tertiary/aromatic N) is 2. The van der Waals surface area contributed by atoms with Crippen molar-refractivity contribution in [1.82, 2.24) is 9.88 Å². The van der Waals surface area contributed by atoms with Gasteiger partial charge in [-0.25, -0.2) is 0 Å². The third-order valence-corrected chi connectivity index (χ3v) is 5.35. The maximum atomic E-state index is 13.0. The molecule has 1 aliphatic rings. The van der Waals surface area contributed by atoms with Crippen molar-refractivity contribution < 1.29 is 4.79 Å². The third kappa shape index (κ3) is 4.96. The fraction of sp³-hybridized carbons (Fsp3) is 0.400. The van der Waals surface area contributed by atoms with Crippen LogP contribution in [0, 0.1) is 5.92 Å². The molecule has 0 bridgehead atoms. The van der Waals surface area contributed by atoms with E-state index in [9.17, 15) is 4.79 Å². The van der Waals surface area contributed by atoms with Gasteiger partial charge in [-0.2, -0.15) is 0 Å². The highest BCUT2D eigenvalue weighted by Gasteiger charge is 2.27. The lowest BCUT2D eigenvalue weighted by atomic mass is 10.1. The van der Waals surface area contributed by atoms with Crippen molar-refractivity contribution in [3.8, 4) is 0 Å². The summed E-state index contributed by atoms with van der Waals surface area (Å²) in [5.74, 6) is 0.401. The normalized spacial score (nSPS) is 14.6. The molecule has 132 valence electrons. The number of carbonyl (C=O) groups is 1. The molecule has 1 aromatic heterocycles. The molecule has 0 spiro atoms. The van der Waals surface area contributed by atoms with Gasteiger partial charge in [-0.3, -0.25) is 9.78 Å². The fourth-order valence-corrected chi connectivity index (χ4v) is 3.87. The Kier molecular flexibility index (Phi) is 6.33. The first-order valence-corrected chi connectivity index (χ1v) is 9.51. The first-order chi connectivity index (χ1) is 12.1. The van der Waals surface area contributed by atoms with Crippen LogP contribution in [0.25, 0.3) is 0 Å². The van der Waals surface area contributed by atoms with Gasteiger partial charge in [-0.1, -0.05) is 48.2 Å². The Morgan fingerprint density at radius 1 is 1.16 bits per heavy atom. The van der Waals surface area contributed by atoms with E-state index in [0.717, 1.165) is 36.9 Å². The van der Waals surface area contributed by atoms with Crippen molar-refractivity contribution in [3.63, 3.8) is 0 Å². The lowest BCUT2D eigenvalue weighted by molar-refractivity contribution is -0.136. The smallest absolute Gasteiger partial charge is 0.226 e. The van der Waals surface area contributed by atoms with E-state index in [-0.39, 0.29) is 11.8 Å². The molecule has 25 heavy (non-hydrogen) atoms. The Balaban J connectivity index is 1.72. The van der Waals surface area contributed by atoms with E-state index in [1.807, 2.05) is 35.2 Å². The van der Waals surface area contributed by atoms with Crippen molar-refractivity contribution in [2.75, 3.05) is 6.54 Å². The molecule has 0 saturated heterocycles. The minimum Gasteiger partial charge on any atom is -0.336 e. The summed E-state index contributed by atoms with van der Waals surface area (Å²) in [4.78, 5) is 19.3. The molecular formula is C20H22Cl2N2O. The zero-order valence-corrected chi connectivity index (χ0v) is 15.6. The van der Waals surface area contributed by atoms with E-state index in [1.165, 1.54) is 0 Å². The van der Waals surface area contributed by atoms with Gasteiger partial charge in [0.15, 0.2) is 0 Å². The van der Waals surface area contributed by atoms with Crippen molar-refractivity contribution >= 4 is 29.1 Å². The number of amides is 1. The maximum Gasteiger partial charge on any atom is 0.226 e. The molecule has 1 amide bonds. The molecule has 1 aliphatic carbocycles. The summed E-state index contributed by atoms with van der Waals surface area (Å²) in [6, 6.07) is 11.3. The van der Waals surface area contributed by atoms with Crippen molar-refractivity contribution in [2.45, 2.75) is 38.6 Å². The SMILES string of the molecule is O=C(C1CCCC1)N(CCc1ccc(Cl)cc1Cl)Cc1ccccn1. The Bertz CT molecular complexity index is 715. The second kappa shape index (κ2) is 8.68. The highest BCUT2D eigenvalue weighted by molar-refractivity contribution is 6.35. The number of halogens is 2. The summed E-state index contributed by atoms with van der Waals surface area (Å²) in [6.07, 6.45) is 6.77. The molecular weight excluding hydrogens is 355 g/mol. The summed E-state index contributed by atoms with van der Waals surface area (Å²) in [6.45, 7) is 1.18. The molecule has 0 aliphatic heterocycles. The van der Waals surface area contributed by atoms with Crippen molar-refractivity contribution in [2.24, 2.45) is 5.92 Å². The van der Waals surface area contributed by atoms with Crippen molar-refractivity contribution in [3.05, 3.63) is 63.9 Å². The molecule has 3 rings (SSSR count). The van der Waals surface area contributed by atoms with Gasteiger partial charge in [-0.15, -0.1) is 0 Å². The highest BCUT2D eigenvalue weighted by atomic mass is 35.5. The predicted octanol–water partition coefficient (Wildman–Crippen LogP) is 5.15. The van der Waals surface area contributed by atoms with E-state index in [4.69, 9.17) is 23.2 Å². The van der Waals surface area contributed by atoms with E-state index >= 15 is 0 Å². The van der Waals surface area contributed by atoms with Gasteiger partial charge in [0, 0.05) is 28.7 Å². The lowest BCUT2D eigenvalue weighted by Crippen LogP contribution is -2.36. The fourth-order valence-electron chi connectivity index (χ4n) is 3.37. The quantitative estimate of drug-likeness (QED) is 0.698. The topological polar surface area (TPSA) is 33.2 Å². The van der Waals surface area contributed by atoms with Crippen LogP contribution in [0.3, 0.4) is 0 Å². The van der Waals surface area contributed by atoms with E-state index in [1.54, 1.807) is 12.3 Å². The van der Waals surface area contributed by atoms with Crippen LogP contribution in [0.2, 0.25) is 10.0 Å². The Morgan fingerprint density at radius 2 is 1.96 bits per heavy atom. The van der Waals surface area contributed by atoms with Gasteiger partial charge in [0.05, 0.1) is 12.2 Å². The van der Waals surface area contributed by atoms with Crippen LogP contribution in [0.5, 0.6) is 0 Å². The van der Waals surface area contributed by atoms with Crippen LogP contribution in [0.4, 0.5) is 0 Å². The summed E-state index contributed by atoms with van der Waals surface area (Å²) in [5, 5.41) is 1.28. The van der Waals surface area contributed by atoms with Crippen LogP contribution >= 0.6 is 23.2 Å². The van der Waals surface area contributed by atoms with Gasteiger partial charge in [0.25, 0.3) is 0 Å². The Hall–Kier alpha value is -1.58. The first-order valence-electron chi connectivity index (χ1n) is 8.76. The largest absolute Gasteiger partial charge is 0.336 e. The van der Waals surface area contributed by atoms with Gasteiger partial charge in [-0.05, 0) is 49.1 Å². The monoisotopic (exact) mass is 376 g/mol. The zero-order chi connectivity index (χ0) is 17.6. The second-order valence-corrected chi connectivity index (χ2v) is 7.39. The summed E-state index contributed by atoms with van der Waals surface area (Å²) in [5.41, 5.74) is 1.92. The standard InChI is InChI=1S/C20H22Cl2N2O/c21-17-9-8-15(19(22)13-17)10-12-24(14-18-7-3-4-11-23-18)20(25)16-5-1-2-6-16/h3-4,7-9,11,13,16H,1-2,5-6,10,12,14H2. The molecule has 0 unspecified atom stereocenters. The molecule has 0 atom stereocenters. The molecule has 5 heteroatoms. The lowest BCUT2D eigenvalue weighted by Gasteiger charge is -2.25. The number of aromatic nitrogens is 1. The number of rotatable bonds is 6. The van der Waals surface area contributed by atoms with Gasteiger partial charge >= 0.3 is 0 Å². The molecule has 3 nitrogen and oxygen atoms in total. The highest BCUT2D eigenvalue weighted by Crippen LogP contribution is 2.28. The minimum absolute atomic E-state index is 0.157. The molecule has 0 radical (unpaired) electrons. The minimum atomic E-state index is 0.157. The second-order valence-electron chi connectivity index (χ2n) is 6.55. The van der Waals surface area contributed by atoms with Crippen LogP contribution in [0.1, 0.15) is 36.9 Å². The number of benzene rings is 1. The van der Waals surface area contributed by atoms with Crippen LogP contribution in [-0.4, -0.2) is 22.3 Å². The molecule has 2 aromatic rings. The van der Waals surface area contributed by atoms with Gasteiger partial charge in [0.2, 0.25) is 5.91 Å². The molecule has 1 saturated carbocycles. The maximum absolute atomic E-state index is 13.0. The zero-order valence-electron chi connectivity index (χ0n) is 14.1. The average Bonchev–Trinajstić information content (AvgIpc) is 3.15. The van der Waals surface area contributed by atoms with Crippen molar-refractivity contribution in [1.29, 1.82) is 0 Å². The van der Waals surface area contributed by atoms with Crippen LogP contribution in [-0.2, 0) is 17.8 Å². The molecule has 0 N–H and O–H groups in total. The molecule has 1 heterocycles. The number of pyridine rings is 1. The van der Waals surface area contributed by atoms with E-state index in [0.29, 0.717) is 29.6 Å². The van der Waals surface area contributed by atoms with Gasteiger partial charge in [0.1, 0.15) is 0 Å². The predicted molar refractivity (Wildman–Crippen MR) is 102 cm³/mol. The molecule has 1 fully saturated rings. The van der Waals surface area contributed by atoms with Crippen LogP contribution < -0.4 is 0 Å². The number of carbonyl (C=O) groups excluding carboxylic acids is 1.